The highest BCUT2D eigenvalue weighted by atomic mass is 16.5. The van der Waals surface area contributed by atoms with Crippen molar-refractivity contribution in [2.45, 2.75) is 26.4 Å². The molecular weight excluding hydrogens is 368 g/mol. The molecule has 0 aliphatic carbocycles. The first-order valence-electron chi connectivity index (χ1n) is 9.49. The van der Waals surface area contributed by atoms with Gasteiger partial charge in [0.05, 0.1) is 0 Å². The smallest absolute Gasteiger partial charge is 0.279 e. The quantitative estimate of drug-likeness (QED) is 0.603. The van der Waals surface area contributed by atoms with E-state index in [1.807, 2.05) is 74.5 Å². The Morgan fingerprint density at radius 3 is 2.41 bits per heavy atom. The molecule has 0 spiro atoms. The molecule has 0 unspecified atom stereocenters. The molecule has 29 heavy (non-hydrogen) atoms. The van der Waals surface area contributed by atoms with Crippen LogP contribution in [-0.2, 0) is 9.59 Å². The average molecular weight is 392 g/mol. The Morgan fingerprint density at radius 2 is 1.66 bits per heavy atom. The van der Waals surface area contributed by atoms with E-state index in [1.54, 1.807) is 6.07 Å². The van der Waals surface area contributed by atoms with Crippen LogP contribution in [0.5, 0.6) is 11.5 Å². The van der Waals surface area contributed by atoms with Crippen molar-refractivity contribution in [2.75, 3.05) is 6.61 Å². The number of hydrazine groups is 1. The normalized spacial score (nSPS) is 11.5. The van der Waals surface area contributed by atoms with Gasteiger partial charge in [-0.05, 0) is 36.9 Å². The molecule has 0 bridgehead atoms. The molecule has 150 valence electrons. The monoisotopic (exact) mass is 392 g/mol. The van der Waals surface area contributed by atoms with Crippen LogP contribution in [0.15, 0.2) is 66.7 Å². The Labute approximate surface area is 169 Å². The molecule has 0 fully saturated rings. The van der Waals surface area contributed by atoms with Gasteiger partial charge in [-0.3, -0.25) is 20.4 Å². The minimum absolute atomic E-state index is 0.218. The summed E-state index contributed by atoms with van der Waals surface area (Å²) in [6.07, 6.45) is -0.251. The van der Waals surface area contributed by atoms with Gasteiger partial charge in [0.25, 0.3) is 11.8 Å². The molecule has 1 atom stereocenters. The minimum atomic E-state index is -0.711. The highest BCUT2D eigenvalue weighted by Gasteiger charge is 2.19. The van der Waals surface area contributed by atoms with Crippen molar-refractivity contribution in [1.82, 2.24) is 10.9 Å². The van der Waals surface area contributed by atoms with Gasteiger partial charge in [-0.1, -0.05) is 61.0 Å². The van der Waals surface area contributed by atoms with Crippen LogP contribution >= 0.6 is 0 Å². The molecule has 0 heterocycles. The maximum absolute atomic E-state index is 12.3. The van der Waals surface area contributed by atoms with E-state index in [-0.39, 0.29) is 6.61 Å². The van der Waals surface area contributed by atoms with Crippen LogP contribution in [0.1, 0.15) is 18.9 Å². The molecule has 3 aromatic carbocycles. The predicted molar refractivity (Wildman–Crippen MR) is 112 cm³/mol. The van der Waals surface area contributed by atoms with Crippen LogP contribution in [0, 0.1) is 6.92 Å². The molecule has 2 N–H and O–H groups in total. The van der Waals surface area contributed by atoms with Crippen LogP contribution in [-0.4, -0.2) is 24.5 Å². The summed E-state index contributed by atoms with van der Waals surface area (Å²) >= 11 is 0. The second-order valence-electron chi connectivity index (χ2n) is 6.63. The Bertz CT molecular complexity index is 980. The Morgan fingerprint density at radius 1 is 0.931 bits per heavy atom. The Kier molecular flexibility index (Phi) is 6.68. The molecule has 0 aromatic heterocycles. The average Bonchev–Trinajstić information content (AvgIpc) is 2.75. The second kappa shape index (κ2) is 9.59. The van der Waals surface area contributed by atoms with Gasteiger partial charge in [-0.2, -0.15) is 0 Å². The molecule has 3 aromatic rings. The van der Waals surface area contributed by atoms with Gasteiger partial charge in [0.2, 0.25) is 0 Å². The lowest BCUT2D eigenvalue weighted by molar-refractivity contribution is -0.134. The fourth-order valence-corrected chi connectivity index (χ4v) is 2.82. The largest absolute Gasteiger partial charge is 0.483 e. The first-order chi connectivity index (χ1) is 14.1. The Balaban J connectivity index is 1.50. The van der Waals surface area contributed by atoms with Gasteiger partial charge in [-0.15, -0.1) is 0 Å². The number of hydrogen-bond donors (Lipinski definition) is 2. The number of carbonyl (C=O) groups is 2. The van der Waals surface area contributed by atoms with Gasteiger partial charge in [0.1, 0.15) is 11.5 Å². The van der Waals surface area contributed by atoms with Gasteiger partial charge >= 0.3 is 0 Å². The highest BCUT2D eigenvalue weighted by Crippen LogP contribution is 2.24. The first-order valence-corrected chi connectivity index (χ1v) is 9.49. The van der Waals surface area contributed by atoms with E-state index < -0.39 is 17.9 Å². The molecular formula is C23H24N2O4. The van der Waals surface area contributed by atoms with E-state index in [0.717, 1.165) is 16.3 Å². The molecule has 3 rings (SSSR count). The fourth-order valence-electron chi connectivity index (χ4n) is 2.82. The van der Waals surface area contributed by atoms with E-state index in [0.29, 0.717) is 17.9 Å². The van der Waals surface area contributed by atoms with Crippen molar-refractivity contribution in [1.29, 1.82) is 0 Å². The third-order valence-corrected chi connectivity index (χ3v) is 4.40. The Hall–Kier alpha value is -3.54. The zero-order valence-corrected chi connectivity index (χ0v) is 16.5. The molecule has 0 radical (unpaired) electrons. The van der Waals surface area contributed by atoms with Crippen molar-refractivity contribution in [3.63, 3.8) is 0 Å². The van der Waals surface area contributed by atoms with Crippen LogP contribution in [0.25, 0.3) is 10.8 Å². The first kappa shape index (κ1) is 20.2. The number of ether oxygens (including phenoxy) is 2. The standard InChI is InChI=1S/C23H24N2O4/c1-3-20(29-18-13-11-16(2)12-14-18)23(27)25-24-22(26)15-28-21-10-6-8-17-7-4-5-9-19(17)21/h4-14,20H,3,15H2,1-2H3,(H,24,26)(H,25,27)/t20-/m1/s1. The van der Waals surface area contributed by atoms with Crippen LogP contribution in [0.3, 0.4) is 0 Å². The van der Waals surface area contributed by atoms with Crippen LogP contribution in [0.2, 0.25) is 0 Å². The van der Waals surface area contributed by atoms with Gasteiger partial charge in [0.15, 0.2) is 12.7 Å². The third-order valence-electron chi connectivity index (χ3n) is 4.40. The van der Waals surface area contributed by atoms with E-state index in [4.69, 9.17) is 9.47 Å². The summed E-state index contributed by atoms with van der Waals surface area (Å²) in [5, 5.41) is 1.95. The zero-order valence-electron chi connectivity index (χ0n) is 16.5. The van der Waals surface area contributed by atoms with Crippen molar-refractivity contribution in [2.24, 2.45) is 0 Å². The summed E-state index contributed by atoms with van der Waals surface area (Å²) < 4.78 is 11.3. The number of nitrogens with one attached hydrogen (secondary N) is 2. The number of benzene rings is 3. The highest BCUT2D eigenvalue weighted by molar-refractivity contribution is 5.89. The lowest BCUT2D eigenvalue weighted by Gasteiger charge is -2.17. The summed E-state index contributed by atoms with van der Waals surface area (Å²) in [5.41, 5.74) is 5.87. The topological polar surface area (TPSA) is 76.7 Å². The lowest BCUT2D eigenvalue weighted by atomic mass is 10.1. The molecule has 0 aliphatic rings. The number of rotatable bonds is 7. The SMILES string of the molecule is CC[C@@H](Oc1ccc(C)cc1)C(=O)NNC(=O)COc1cccc2ccccc12. The van der Waals surface area contributed by atoms with Gasteiger partial charge in [0, 0.05) is 5.39 Å². The molecule has 6 nitrogen and oxygen atoms in total. The second-order valence-corrected chi connectivity index (χ2v) is 6.63. The fraction of sp³-hybridized carbons (Fsp3) is 0.217. The van der Waals surface area contributed by atoms with Crippen LogP contribution < -0.4 is 20.3 Å². The summed E-state index contributed by atoms with van der Waals surface area (Å²) in [5.74, 6) is 0.324. The maximum atomic E-state index is 12.3. The van der Waals surface area contributed by atoms with Crippen molar-refractivity contribution >= 4 is 22.6 Å². The van der Waals surface area contributed by atoms with Crippen molar-refractivity contribution in [3.05, 3.63) is 72.3 Å². The molecule has 0 saturated carbocycles. The number of hydrogen-bond acceptors (Lipinski definition) is 4. The summed E-state index contributed by atoms with van der Waals surface area (Å²) in [7, 11) is 0. The zero-order chi connectivity index (χ0) is 20.6. The number of carbonyl (C=O) groups excluding carboxylic acids is 2. The third kappa shape index (κ3) is 5.48. The van der Waals surface area contributed by atoms with Crippen molar-refractivity contribution in [3.8, 4) is 11.5 Å². The molecule has 2 amide bonds. The van der Waals surface area contributed by atoms with Gasteiger partial charge in [-0.25, -0.2) is 0 Å². The number of aryl methyl sites for hydroxylation is 1. The summed E-state index contributed by atoms with van der Waals surface area (Å²) in [6, 6.07) is 20.8. The molecule has 0 aliphatic heterocycles. The number of amides is 2. The molecule has 6 heteroatoms. The minimum Gasteiger partial charge on any atom is -0.483 e. The van der Waals surface area contributed by atoms with Gasteiger partial charge < -0.3 is 9.47 Å². The van der Waals surface area contributed by atoms with E-state index >= 15 is 0 Å². The summed E-state index contributed by atoms with van der Waals surface area (Å²) in [6.45, 7) is 3.59. The van der Waals surface area contributed by atoms with Crippen LogP contribution in [0.4, 0.5) is 0 Å². The number of fused-ring (bicyclic) bond motifs is 1. The predicted octanol–water partition coefficient (Wildman–Crippen LogP) is 3.53. The summed E-state index contributed by atoms with van der Waals surface area (Å²) in [4.78, 5) is 24.4. The van der Waals surface area contributed by atoms with E-state index in [9.17, 15) is 9.59 Å². The maximum Gasteiger partial charge on any atom is 0.279 e. The van der Waals surface area contributed by atoms with E-state index in [2.05, 4.69) is 10.9 Å². The van der Waals surface area contributed by atoms with Crippen molar-refractivity contribution < 1.29 is 19.1 Å². The van der Waals surface area contributed by atoms with E-state index in [1.165, 1.54) is 0 Å². The molecule has 0 saturated heterocycles. The lowest BCUT2D eigenvalue weighted by Crippen LogP contribution is -2.49.